The molecule has 2 nitrogen and oxygen atoms in total. The van der Waals surface area contributed by atoms with E-state index in [0.717, 1.165) is 24.5 Å². The van der Waals surface area contributed by atoms with Crippen LogP contribution in [0.15, 0.2) is 0 Å². The average molecular weight is 187 g/mol. The van der Waals surface area contributed by atoms with Gasteiger partial charge in [0, 0.05) is 18.9 Å². The van der Waals surface area contributed by atoms with E-state index in [-0.39, 0.29) is 6.04 Å². The second-order valence-corrected chi connectivity index (χ2v) is 3.76. The molecular weight excluding hydrogens is 170 g/mol. The van der Waals surface area contributed by atoms with Gasteiger partial charge in [0.25, 0.3) is 0 Å². The van der Waals surface area contributed by atoms with E-state index in [0.29, 0.717) is 6.61 Å². The fraction of sp³-hybridized carbons (Fsp3) is 0.778. The highest BCUT2D eigenvalue weighted by Gasteiger charge is 1.93. The first-order valence-electron chi connectivity index (χ1n) is 4.19. The molecule has 0 aliphatic heterocycles. The summed E-state index contributed by atoms with van der Waals surface area (Å²) in [4.78, 5) is 0. The van der Waals surface area contributed by atoms with Gasteiger partial charge in [-0.05, 0) is 19.1 Å². The zero-order valence-corrected chi connectivity index (χ0v) is 8.36. The molecule has 0 aromatic heterocycles. The maximum atomic E-state index is 8.49. The van der Waals surface area contributed by atoms with Crippen LogP contribution in [0.2, 0.25) is 0 Å². The highest BCUT2D eigenvalue weighted by Crippen LogP contribution is 1.99. The van der Waals surface area contributed by atoms with E-state index in [9.17, 15) is 0 Å². The third kappa shape index (κ3) is 7.93. The molecule has 0 fully saturated rings. The molecule has 12 heavy (non-hydrogen) atoms. The maximum Gasteiger partial charge on any atom is 0.0658 e. The Morgan fingerprint density at radius 1 is 1.58 bits per heavy atom. The van der Waals surface area contributed by atoms with Gasteiger partial charge in [0.2, 0.25) is 0 Å². The number of hydrogen-bond donors (Lipinski definition) is 2. The molecule has 0 saturated carbocycles. The van der Waals surface area contributed by atoms with Crippen LogP contribution < -0.4 is 5.32 Å². The van der Waals surface area contributed by atoms with E-state index in [2.05, 4.69) is 11.2 Å². The standard InChI is InChI=1S/C9H17NOS/c1-3-9(2)10-5-8-12-7-4-6-11/h1,9-11H,4-8H2,2H3. The molecule has 0 aliphatic carbocycles. The largest absolute Gasteiger partial charge is 0.396 e. The predicted molar refractivity (Wildman–Crippen MR) is 55.3 cm³/mol. The number of hydrogen-bond acceptors (Lipinski definition) is 3. The van der Waals surface area contributed by atoms with Gasteiger partial charge in [-0.1, -0.05) is 5.92 Å². The van der Waals surface area contributed by atoms with Crippen molar-refractivity contribution >= 4 is 11.8 Å². The fourth-order valence-corrected chi connectivity index (χ4v) is 1.47. The minimum Gasteiger partial charge on any atom is -0.396 e. The van der Waals surface area contributed by atoms with Gasteiger partial charge < -0.3 is 10.4 Å². The van der Waals surface area contributed by atoms with Crippen molar-refractivity contribution in [2.45, 2.75) is 19.4 Å². The minimum absolute atomic E-state index is 0.170. The summed E-state index contributed by atoms with van der Waals surface area (Å²) in [5.41, 5.74) is 0. The number of nitrogens with one attached hydrogen (secondary N) is 1. The van der Waals surface area contributed by atoms with Crippen molar-refractivity contribution in [2.24, 2.45) is 0 Å². The molecule has 0 amide bonds. The molecule has 0 aromatic rings. The van der Waals surface area contributed by atoms with Gasteiger partial charge in [-0.25, -0.2) is 0 Å². The molecule has 0 aliphatic rings. The summed E-state index contributed by atoms with van der Waals surface area (Å²) in [6.45, 7) is 3.21. The van der Waals surface area contributed by atoms with E-state index >= 15 is 0 Å². The summed E-state index contributed by atoms with van der Waals surface area (Å²) in [7, 11) is 0. The van der Waals surface area contributed by atoms with Gasteiger partial charge >= 0.3 is 0 Å². The first kappa shape index (κ1) is 11.8. The Balaban J connectivity index is 2.96. The molecule has 1 unspecified atom stereocenters. The van der Waals surface area contributed by atoms with Gasteiger partial charge in [0.05, 0.1) is 6.04 Å². The van der Waals surface area contributed by atoms with Gasteiger partial charge in [-0.3, -0.25) is 0 Å². The molecule has 0 rings (SSSR count). The predicted octanol–water partition coefficient (Wildman–Crippen LogP) is 0.713. The number of terminal acetylenes is 1. The SMILES string of the molecule is C#CC(C)NCCSCCCO. The molecule has 0 heterocycles. The summed E-state index contributed by atoms with van der Waals surface area (Å²) in [5, 5.41) is 11.7. The summed E-state index contributed by atoms with van der Waals surface area (Å²) >= 11 is 1.84. The Morgan fingerprint density at radius 2 is 2.33 bits per heavy atom. The van der Waals surface area contributed by atoms with Crippen molar-refractivity contribution in [1.29, 1.82) is 0 Å². The van der Waals surface area contributed by atoms with Crippen LogP contribution in [-0.4, -0.2) is 35.8 Å². The van der Waals surface area contributed by atoms with Crippen LogP contribution in [0.1, 0.15) is 13.3 Å². The highest BCUT2D eigenvalue weighted by atomic mass is 32.2. The fourth-order valence-electron chi connectivity index (χ4n) is 0.675. The van der Waals surface area contributed by atoms with Crippen LogP contribution >= 0.6 is 11.8 Å². The molecular formula is C9H17NOS. The lowest BCUT2D eigenvalue weighted by molar-refractivity contribution is 0.296. The first-order chi connectivity index (χ1) is 5.81. The lowest BCUT2D eigenvalue weighted by Crippen LogP contribution is -2.26. The molecule has 2 N–H and O–H groups in total. The van der Waals surface area contributed by atoms with Gasteiger partial charge in [0.15, 0.2) is 0 Å². The quantitative estimate of drug-likeness (QED) is 0.455. The third-order valence-electron chi connectivity index (χ3n) is 1.39. The number of aliphatic hydroxyl groups is 1. The molecule has 3 heteroatoms. The van der Waals surface area contributed by atoms with Crippen molar-refractivity contribution in [3.63, 3.8) is 0 Å². The summed E-state index contributed by atoms with van der Waals surface area (Å²) < 4.78 is 0. The summed E-state index contributed by atoms with van der Waals surface area (Å²) in [5.74, 6) is 4.70. The van der Waals surface area contributed by atoms with E-state index in [1.165, 1.54) is 0 Å². The Labute approximate surface area is 79.1 Å². The van der Waals surface area contributed by atoms with E-state index in [1.807, 2.05) is 18.7 Å². The highest BCUT2D eigenvalue weighted by molar-refractivity contribution is 7.99. The average Bonchev–Trinajstić information content (AvgIpc) is 2.10. The second kappa shape index (κ2) is 8.92. The van der Waals surface area contributed by atoms with Crippen molar-refractivity contribution < 1.29 is 5.11 Å². The van der Waals surface area contributed by atoms with Crippen molar-refractivity contribution in [1.82, 2.24) is 5.32 Å². The number of aliphatic hydroxyl groups excluding tert-OH is 1. The molecule has 0 aromatic carbocycles. The normalized spacial score (nSPS) is 12.4. The van der Waals surface area contributed by atoms with Crippen molar-refractivity contribution in [3.8, 4) is 12.3 Å². The Bertz CT molecular complexity index is 133. The number of thioether (sulfide) groups is 1. The summed E-state index contributed by atoms with van der Waals surface area (Å²) in [6, 6.07) is 0.170. The summed E-state index contributed by atoms with van der Waals surface area (Å²) in [6.07, 6.45) is 6.07. The maximum absolute atomic E-state index is 8.49. The Kier molecular flexibility index (Phi) is 8.80. The first-order valence-corrected chi connectivity index (χ1v) is 5.35. The second-order valence-electron chi connectivity index (χ2n) is 2.53. The van der Waals surface area contributed by atoms with Crippen LogP contribution in [0, 0.1) is 12.3 Å². The van der Waals surface area contributed by atoms with Crippen molar-refractivity contribution in [3.05, 3.63) is 0 Å². The van der Waals surface area contributed by atoms with Crippen LogP contribution in [0.4, 0.5) is 0 Å². The smallest absolute Gasteiger partial charge is 0.0658 e. The van der Waals surface area contributed by atoms with Crippen LogP contribution in [0.5, 0.6) is 0 Å². The van der Waals surface area contributed by atoms with Crippen LogP contribution in [-0.2, 0) is 0 Å². The lowest BCUT2D eigenvalue weighted by Gasteiger charge is -2.06. The van der Waals surface area contributed by atoms with E-state index < -0.39 is 0 Å². The minimum atomic E-state index is 0.170. The Hall–Kier alpha value is -0.170. The van der Waals surface area contributed by atoms with Gasteiger partial charge in [-0.15, -0.1) is 6.42 Å². The molecule has 0 saturated heterocycles. The molecule has 0 bridgehead atoms. The molecule has 0 radical (unpaired) electrons. The van der Waals surface area contributed by atoms with Gasteiger partial charge in [0.1, 0.15) is 0 Å². The third-order valence-corrected chi connectivity index (χ3v) is 2.46. The monoisotopic (exact) mass is 187 g/mol. The van der Waals surface area contributed by atoms with E-state index in [4.69, 9.17) is 11.5 Å². The zero-order valence-electron chi connectivity index (χ0n) is 7.55. The molecule has 70 valence electrons. The lowest BCUT2D eigenvalue weighted by atomic mass is 10.4. The molecule has 0 spiro atoms. The number of rotatable bonds is 7. The van der Waals surface area contributed by atoms with Crippen LogP contribution in [0.3, 0.4) is 0 Å². The van der Waals surface area contributed by atoms with Crippen molar-refractivity contribution in [2.75, 3.05) is 24.7 Å². The van der Waals surface area contributed by atoms with E-state index in [1.54, 1.807) is 0 Å². The zero-order chi connectivity index (χ0) is 9.23. The Morgan fingerprint density at radius 3 is 2.92 bits per heavy atom. The van der Waals surface area contributed by atoms with Gasteiger partial charge in [-0.2, -0.15) is 11.8 Å². The topological polar surface area (TPSA) is 32.3 Å². The van der Waals surface area contributed by atoms with Crippen LogP contribution in [0.25, 0.3) is 0 Å². The molecule has 1 atom stereocenters.